The van der Waals surface area contributed by atoms with Gasteiger partial charge in [-0.15, -0.1) is 0 Å². The smallest absolute Gasteiger partial charge is 0.321 e. The lowest BCUT2D eigenvalue weighted by Crippen LogP contribution is -2.17. The Morgan fingerprint density at radius 1 is 1.21 bits per heavy atom. The van der Waals surface area contributed by atoms with E-state index in [1.54, 1.807) is 12.4 Å². The Kier molecular flexibility index (Phi) is 4.47. The Hall–Kier alpha value is -1.94. The minimum absolute atomic E-state index is 0.108. The third-order valence-electron chi connectivity index (χ3n) is 2.76. The van der Waals surface area contributed by atoms with Gasteiger partial charge in [-0.05, 0) is 43.0 Å². The summed E-state index contributed by atoms with van der Waals surface area (Å²) in [5.41, 5.74) is 7.98. The first kappa shape index (κ1) is 13.5. The Balaban J connectivity index is 2.06. The van der Waals surface area contributed by atoms with E-state index >= 15 is 0 Å². The molecule has 0 amide bonds. The van der Waals surface area contributed by atoms with Crippen LogP contribution in [0.3, 0.4) is 0 Å². The van der Waals surface area contributed by atoms with Crippen LogP contribution in [0.15, 0.2) is 36.7 Å². The molecule has 1 aromatic heterocycles. The molecule has 1 atom stereocenters. The summed E-state index contributed by atoms with van der Waals surface area (Å²) in [5.74, 6) is 0.763. The van der Waals surface area contributed by atoms with E-state index in [1.807, 2.05) is 25.1 Å². The lowest BCUT2D eigenvalue weighted by molar-refractivity contribution is 0.440. The molecule has 0 aliphatic heterocycles. The van der Waals surface area contributed by atoms with Gasteiger partial charge in [0, 0.05) is 18.4 Å². The molecule has 0 aliphatic rings. The summed E-state index contributed by atoms with van der Waals surface area (Å²) in [5, 5.41) is 0. The van der Waals surface area contributed by atoms with Crippen LogP contribution >= 0.6 is 0 Å². The molecule has 100 valence electrons. The maximum atomic E-state index is 5.73. The van der Waals surface area contributed by atoms with Crippen molar-refractivity contribution in [3.63, 3.8) is 0 Å². The van der Waals surface area contributed by atoms with Crippen LogP contribution in [-0.4, -0.2) is 16.0 Å². The Bertz CT molecular complexity index is 523. The number of aromatic nitrogens is 2. The fourth-order valence-electron chi connectivity index (χ4n) is 1.81. The maximum absolute atomic E-state index is 5.73. The van der Waals surface area contributed by atoms with E-state index in [4.69, 9.17) is 10.5 Å². The number of aryl methyl sites for hydroxylation is 1. The van der Waals surface area contributed by atoms with Gasteiger partial charge in [-0.1, -0.05) is 19.1 Å². The average Bonchev–Trinajstić information content (AvgIpc) is 2.41. The van der Waals surface area contributed by atoms with Crippen LogP contribution in [0.25, 0.3) is 0 Å². The molecule has 0 bridgehead atoms. The van der Waals surface area contributed by atoms with E-state index in [2.05, 4.69) is 23.0 Å². The van der Waals surface area contributed by atoms with E-state index in [0.717, 1.165) is 24.2 Å². The molecule has 0 radical (unpaired) electrons. The predicted molar refractivity (Wildman–Crippen MR) is 75.3 cm³/mol. The number of benzene rings is 1. The molecule has 1 aromatic carbocycles. The maximum Gasteiger partial charge on any atom is 0.321 e. The number of rotatable bonds is 5. The van der Waals surface area contributed by atoms with E-state index in [0.29, 0.717) is 6.01 Å². The van der Waals surface area contributed by atoms with Crippen molar-refractivity contribution in [2.75, 3.05) is 0 Å². The third-order valence-corrected chi connectivity index (χ3v) is 2.76. The van der Waals surface area contributed by atoms with Gasteiger partial charge in [-0.3, -0.25) is 0 Å². The molecule has 1 heterocycles. The predicted octanol–water partition coefficient (Wildman–Crippen LogP) is 2.72. The quantitative estimate of drug-likeness (QED) is 0.894. The number of hydrogen-bond acceptors (Lipinski definition) is 4. The number of hydrogen-bond donors (Lipinski definition) is 1. The Morgan fingerprint density at radius 3 is 2.58 bits per heavy atom. The van der Waals surface area contributed by atoms with E-state index in [-0.39, 0.29) is 6.04 Å². The SMILES string of the molecule is CCc1cccc(Oc2ncc(CC(C)N)cn2)c1. The lowest BCUT2D eigenvalue weighted by Gasteiger charge is -2.07. The summed E-state index contributed by atoms with van der Waals surface area (Å²) >= 11 is 0. The van der Waals surface area contributed by atoms with Gasteiger partial charge in [-0.2, -0.15) is 0 Å². The largest absolute Gasteiger partial charge is 0.424 e. The molecular formula is C15H19N3O. The lowest BCUT2D eigenvalue weighted by atomic mass is 10.1. The summed E-state index contributed by atoms with van der Waals surface area (Å²) in [6.45, 7) is 4.07. The van der Waals surface area contributed by atoms with E-state index < -0.39 is 0 Å². The van der Waals surface area contributed by atoms with Crippen molar-refractivity contribution in [2.45, 2.75) is 32.7 Å². The van der Waals surface area contributed by atoms with Crippen molar-refractivity contribution in [3.8, 4) is 11.8 Å². The Morgan fingerprint density at radius 2 is 1.95 bits per heavy atom. The van der Waals surface area contributed by atoms with Gasteiger partial charge < -0.3 is 10.5 Å². The van der Waals surface area contributed by atoms with Gasteiger partial charge in [0.05, 0.1) is 0 Å². The Labute approximate surface area is 113 Å². The van der Waals surface area contributed by atoms with Crippen molar-refractivity contribution in [3.05, 3.63) is 47.8 Å². The molecule has 0 fully saturated rings. The highest BCUT2D eigenvalue weighted by atomic mass is 16.5. The van der Waals surface area contributed by atoms with Crippen LogP contribution in [0, 0.1) is 0 Å². The van der Waals surface area contributed by atoms with Gasteiger partial charge in [-0.25, -0.2) is 9.97 Å². The molecule has 1 unspecified atom stereocenters. The summed E-state index contributed by atoms with van der Waals surface area (Å²) in [7, 11) is 0. The van der Waals surface area contributed by atoms with Gasteiger partial charge in [0.1, 0.15) is 5.75 Å². The van der Waals surface area contributed by atoms with Crippen molar-refractivity contribution < 1.29 is 4.74 Å². The van der Waals surface area contributed by atoms with Gasteiger partial charge >= 0.3 is 6.01 Å². The average molecular weight is 257 g/mol. The van der Waals surface area contributed by atoms with Crippen molar-refractivity contribution in [1.82, 2.24) is 9.97 Å². The molecule has 0 aliphatic carbocycles. The summed E-state index contributed by atoms with van der Waals surface area (Å²) < 4.78 is 5.63. The van der Waals surface area contributed by atoms with Crippen LogP contribution in [0.2, 0.25) is 0 Å². The third kappa shape index (κ3) is 4.03. The van der Waals surface area contributed by atoms with Crippen LogP contribution in [-0.2, 0) is 12.8 Å². The number of ether oxygens (including phenoxy) is 1. The molecule has 4 heteroatoms. The molecule has 4 nitrogen and oxygen atoms in total. The van der Waals surface area contributed by atoms with Crippen molar-refractivity contribution in [1.29, 1.82) is 0 Å². The number of nitrogens with zero attached hydrogens (tertiary/aromatic N) is 2. The highest BCUT2D eigenvalue weighted by molar-refractivity contribution is 5.30. The molecule has 0 saturated carbocycles. The minimum atomic E-state index is 0.108. The second-order valence-electron chi connectivity index (χ2n) is 4.66. The summed E-state index contributed by atoms with van der Waals surface area (Å²) in [6, 6.07) is 8.41. The molecule has 0 saturated heterocycles. The first-order valence-electron chi connectivity index (χ1n) is 6.50. The van der Waals surface area contributed by atoms with Crippen LogP contribution in [0.5, 0.6) is 11.8 Å². The van der Waals surface area contributed by atoms with Crippen LogP contribution in [0.4, 0.5) is 0 Å². The topological polar surface area (TPSA) is 61.0 Å². The zero-order valence-electron chi connectivity index (χ0n) is 11.3. The van der Waals surface area contributed by atoms with Crippen molar-refractivity contribution >= 4 is 0 Å². The van der Waals surface area contributed by atoms with Gasteiger partial charge in [0.25, 0.3) is 0 Å². The van der Waals surface area contributed by atoms with Crippen LogP contribution in [0.1, 0.15) is 25.0 Å². The first-order valence-corrected chi connectivity index (χ1v) is 6.50. The molecule has 2 N–H and O–H groups in total. The van der Waals surface area contributed by atoms with Crippen LogP contribution < -0.4 is 10.5 Å². The monoisotopic (exact) mass is 257 g/mol. The van der Waals surface area contributed by atoms with E-state index in [9.17, 15) is 0 Å². The highest BCUT2D eigenvalue weighted by Gasteiger charge is 2.03. The number of nitrogens with two attached hydrogens (primary N) is 1. The fourth-order valence-corrected chi connectivity index (χ4v) is 1.81. The zero-order chi connectivity index (χ0) is 13.7. The normalized spacial score (nSPS) is 12.2. The summed E-state index contributed by atoms with van der Waals surface area (Å²) in [4.78, 5) is 8.39. The fraction of sp³-hybridized carbons (Fsp3) is 0.333. The highest BCUT2D eigenvalue weighted by Crippen LogP contribution is 2.19. The standard InChI is InChI=1S/C15H19N3O/c1-3-12-5-4-6-14(8-12)19-15-17-9-13(10-18-15)7-11(2)16/h4-6,8-11H,3,7,16H2,1-2H3. The first-order chi connectivity index (χ1) is 9.17. The molecule has 0 spiro atoms. The minimum Gasteiger partial charge on any atom is -0.424 e. The molecule has 19 heavy (non-hydrogen) atoms. The molecule has 2 rings (SSSR count). The van der Waals surface area contributed by atoms with E-state index in [1.165, 1.54) is 5.56 Å². The summed E-state index contributed by atoms with van der Waals surface area (Å²) in [6.07, 6.45) is 5.27. The van der Waals surface area contributed by atoms with Gasteiger partial charge in [0.15, 0.2) is 0 Å². The molecule has 2 aromatic rings. The molecular weight excluding hydrogens is 238 g/mol. The second kappa shape index (κ2) is 6.29. The zero-order valence-corrected chi connectivity index (χ0v) is 11.3. The van der Waals surface area contributed by atoms with Crippen molar-refractivity contribution in [2.24, 2.45) is 5.73 Å². The van der Waals surface area contributed by atoms with Gasteiger partial charge in [0.2, 0.25) is 0 Å². The second-order valence-corrected chi connectivity index (χ2v) is 4.66.